The standard InChI is InChI=1S/C19H20F6N2O3/c1-3-4-12-9-13(5-7-15(12)30-16-8-6-14(26)10-27-16)17(18(20,21)22,19(23,24)25)29-11-28-2/h5-10H,3-4,11,26H2,1-2H3. The maximum atomic E-state index is 13.7. The number of hydrogen-bond donors (Lipinski definition) is 1. The zero-order chi connectivity index (χ0) is 22.6. The summed E-state index contributed by atoms with van der Waals surface area (Å²) >= 11 is 0. The van der Waals surface area contributed by atoms with E-state index in [0.29, 0.717) is 18.2 Å². The average molecular weight is 438 g/mol. The SMILES string of the molecule is CCCc1cc(C(OCOC)(C(F)(F)F)C(F)(F)F)ccc1Oc1ccc(N)cn1. The van der Waals surface area contributed by atoms with Gasteiger partial charge < -0.3 is 19.9 Å². The van der Waals surface area contributed by atoms with Gasteiger partial charge in [-0.15, -0.1) is 0 Å². The Morgan fingerprint density at radius 2 is 1.67 bits per heavy atom. The molecule has 0 atom stereocenters. The number of methoxy groups -OCH3 is 1. The van der Waals surface area contributed by atoms with E-state index in [0.717, 1.165) is 19.2 Å². The number of anilines is 1. The van der Waals surface area contributed by atoms with Crippen molar-refractivity contribution < 1.29 is 40.6 Å². The van der Waals surface area contributed by atoms with Crippen LogP contribution < -0.4 is 10.5 Å². The van der Waals surface area contributed by atoms with Gasteiger partial charge in [0.15, 0.2) is 0 Å². The lowest BCUT2D eigenvalue weighted by molar-refractivity contribution is -0.400. The Morgan fingerprint density at radius 1 is 1.00 bits per heavy atom. The summed E-state index contributed by atoms with van der Waals surface area (Å²) in [6.07, 6.45) is -9.68. The molecule has 30 heavy (non-hydrogen) atoms. The molecule has 1 aromatic heterocycles. The summed E-state index contributed by atoms with van der Waals surface area (Å²) in [6.45, 7) is 0.510. The fourth-order valence-electron chi connectivity index (χ4n) is 2.81. The van der Waals surface area contributed by atoms with Gasteiger partial charge in [0.05, 0.1) is 11.9 Å². The molecule has 166 valence electrons. The smallest absolute Gasteiger partial charge is 0.430 e. The number of alkyl halides is 6. The summed E-state index contributed by atoms with van der Waals surface area (Å²) in [5.41, 5.74) is 0.343. The lowest BCUT2D eigenvalue weighted by Crippen LogP contribution is -2.56. The quantitative estimate of drug-likeness (QED) is 0.445. The highest BCUT2D eigenvalue weighted by Gasteiger charge is 2.73. The van der Waals surface area contributed by atoms with Crippen molar-refractivity contribution in [3.63, 3.8) is 0 Å². The molecule has 0 saturated heterocycles. The van der Waals surface area contributed by atoms with Crippen LogP contribution in [-0.4, -0.2) is 31.2 Å². The second-order valence-electron chi connectivity index (χ2n) is 6.33. The van der Waals surface area contributed by atoms with Crippen molar-refractivity contribution in [2.45, 2.75) is 37.7 Å². The molecule has 0 aliphatic rings. The predicted octanol–water partition coefficient (Wildman–Crippen LogP) is 5.35. The highest BCUT2D eigenvalue weighted by Crippen LogP contribution is 2.53. The van der Waals surface area contributed by atoms with Gasteiger partial charge in [0.2, 0.25) is 5.88 Å². The van der Waals surface area contributed by atoms with Crippen LogP contribution in [0.25, 0.3) is 0 Å². The number of benzene rings is 1. The minimum atomic E-state index is -5.80. The van der Waals surface area contributed by atoms with Gasteiger partial charge in [-0.2, -0.15) is 26.3 Å². The fraction of sp³-hybridized carbons (Fsp3) is 0.421. The summed E-state index contributed by atoms with van der Waals surface area (Å²) in [4.78, 5) is 3.92. The average Bonchev–Trinajstić information content (AvgIpc) is 2.64. The van der Waals surface area contributed by atoms with Crippen molar-refractivity contribution in [1.82, 2.24) is 4.98 Å². The van der Waals surface area contributed by atoms with Crippen LogP contribution in [0.4, 0.5) is 32.0 Å². The van der Waals surface area contributed by atoms with Crippen molar-refractivity contribution in [2.24, 2.45) is 0 Å². The Kier molecular flexibility index (Phi) is 7.19. The Bertz CT molecular complexity index is 824. The summed E-state index contributed by atoms with van der Waals surface area (Å²) in [5, 5.41) is 0. The molecule has 0 aliphatic heterocycles. The third kappa shape index (κ3) is 4.78. The van der Waals surface area contributed by atoms with E-state index in [1.165, 1.54) is 18.3 Å². The van der Waals surface area contributed by atoms with Crippen molar-refractivity contribution in [3.05, 3.63) is 47.7 Å². The van der Waals surface area contributed by atoms with E-state index in [4.69, 9.17) is 10.5 Å². The molecule has 0 saturated carbocycles. The van der Waals surface area contributed by atoms with Gasteiger partial charge in [-0.05, 0) is 30.2 Å². The Morgan fingerprint density at radius 3 is 2.17 bits per heavy atom. The fourth-order valence-corrected chi connectivity index (χ4v) is 2.81. The van der Waals surface area contributed by atoms with Gasteiger partial charge in [0, 0.05) is 18.7 Å². The lowest BCUT2D eigenvalue weighted by atomic mass is 9.89. The number of halogens is 6. The topological polar surface area (TPSA) is 66.6 Å². The monoisotopic (exact) mass is 438 g/mol. The third-order valence-corrected chi connectivity index (χ3v) is 4.15. The molecule has 5 nitrogen and oxygen atoms in total. The van der Waals surface area contributed by atoms with Gasteiger partial charge in [-0.25, -0.2) is 4.98 Å². The van der Waals surface area contributed by atoms with Crippen LogP contribution in [0.15, 0.2) is 36.5 Å². The van der Waals surface area contributed by atoms with Crippen molar-refractivity contribution in [1.29, 1.82) is 0 Å². The highest BCUT2D eigenvalue weighted by molar-refractivity contribution is 5.44. The predicted molar refractivity (Wildman–Crippen MR) is 95.9 cm³/mol. The second-order valence-corrected chi connectivity index (χ2v) is 6.33. The highest BCUT2D eigenvalue weighted by atomic mass is 19.4. The first-order valence-corrected chi connectivity index (χ1v) is 8.75. The number of hydrogen-bond acceptors (Lipinski definition) is 5. The Labute approximate surface area is 168 Å². The van der Waals surface area contributed by atoms with Crippen molar-refractivity contribution >= 4 is 5.69 Å². The summed E-state index contributed by atoms with van der Waals surface area (Å²) in [7, 11) is 0.927. The summed E-state index contributed by atoms with van der Waals surface area (Å²) < 4.78 is 96.5. The Balaban J connectivity index is 2.59. The second kappa shape index (κ2) is 9.09. The number of ether oxygens (including phenoxy) is 3. The molecule has 1 aromatic carbocycles. The van der Waals surface area contributed by atoms with E-state index >= 15 is 0 Å². The first-order valence-electron chi connectivity index (χ1n) is 8.75. The minimum absolute atomic E-state index is 0.0721. The van der Waals surface area contributed by atoms with Crippen LogP contribution in [0.3, 0.4) is 0 Å². The molecule has 1 heterocycles. The summed E-state index contributed by atoms with van der Waals surface area (Å²) in [6, 6.07) is 5.40. The zero-order valence-electron chi connectivity index (χ0n) is 16.1. The minimum Gasteiger partial charge on any atom is -0.439 e. The van der Waals surface area contributed by atoms with E-state index in [-0.39, 0.29) is 23.6 Å². The van der Waals surface area contributed by atoms with Crippen LogP contribution >= 0.6 is 0 Å². The molecule has 0 amide bonds. The molecular weight excluding hydrogens is 418 g/mol. The number of rotatable bonds is 8. The van der Waals surface area contributed by atoms with Gasteiger partial charge in [0.1, 0.15) is 12.5 Å². The first kappa shape index (κ1) is 23.7. The zero-order valence-corrected chi connectivity index (χ0v) is 16.1. The number of pyridine rings is 1. The van der Waals surface area contributed by atoms with Crippen LogP contribution in [0, 0.1) is 0 Å². The normalized spacial score (nSPS) is 12.8. The van der Waals surface area contributed by atoms with Crippen LogP contribution in [0.1, 0.15) is 24.5 Å². The molecule has 11 heteroatoms. The molecule has 0 spiro atoms. The molecule has 0 aliphatic carbocycles. The van der Waals surface area contributed by atoms with E-state index < -0.39 is 30.3 Å². The van der Waals surface area contributed by atoms with Crippen LogP contribution in [0.2, 0.25) is 0 Å². The lowest BCUT2D eigenvalue weighted by Gasteiger charge is -2.37. The number of nitrogens with zero attached hydrogens (tertiary/aromatic N) is 1. The molecule has 0 bridgehead atoms. The molecule has 0 fully saturated rings. The number of aryl methyl sites for hydroxylation is 1. The molecule has 2 rings (SSSR count). The van der Waals surface area contributed by atoms with E-state index in [9.17, 15) is 26.3 Å². The van der Waals surface area contributed by atoms with E-state index in [2.05, 4.69) is 14.5 Å². The van der Waals surface area contributed by atoms with Gasteiger partial charge in [0.25, 0.3) is 5.60 Å². The van der Waals surface area contributed by atoms with E-state index in [1.54, 1.807) is 6.92 Å². The van der Waals surface area contributed by atoms with E-state index in [1.807, 2.05) is 0 Å². The number of nitrogens with two attached hydrogens (primary N) is 1. The molecule has 2 aromatic rings. The largest absolute Gasteiger partial charge is 0.439 e. The van der Waals surface area contributed by atoms with Crippen molar-refractivity contribution in [3.8, 4) is 11.6 Å². The number of nitrogen functional groups attached to an aromatic ring is 1. The molecule has 0 radical (unpaired) electrons. The maximum absolute atomic E-state index is 13.7. The molecule has 2 N–H and O–H groups in total. The van der Waals surface area contributed by atoms with Crippen LogP contribution in [-0.2, 0) is 21.5 Å². The van der Waals surface area contributed by atoms with Gasteiger partial charge in [-0.3, -0.25) is 0 Å². The summed E-state index contributed by atoms with van der Waals surface area (Å²) in [5.74, 6) is 0.158. The first-order chi connectivity index (χ1) is 14.0. The molecule has 0 unspecified atom stereocenters. The number of aromatic nitrogens is 1. The maximum Gasteiger partial charge on any atom is 0.430 e. The van der Waals surface area contributed by atoms with Gasteiger partial charge >= 0.3 is 12.4 Å². The third-order valence-electron chi connectivity index (χ3n) is 4.15. The Hall–Kier alpha value is -2.53. The van der Waals surface area contributed by atoms with Crippen LogP contribution in [0.5, 0.6) is 11.6 Å². The molecular formula is C19H20F6N2O3. The van der Waals surface area contributed by atoms with Gasteiger partial charge in [-0.1, -0.05) is 19.4 Å². The van der Waals surface area contributed by atoms with Crippen molar-refractivity contribution in [2.75, 3.05) is 19.6 Å².